The first-order valence-electron chi connectivity index (χ1n) is 4.72. The fraction of sp³-hybridized carbons (Fsp3) is 0.778. The molecule has 3 N–H and O–H groups in total. The average Bonchev–Trinajstić information content (AvgIpc) is 2.09. The van der Waals surface area contributed by atoms with Crippen molar-refractivity contribution in [2.24, 2.45) is 5.73 Å². The van der Waals surface area contributed by atoms with E-state index in [-0.39, 0.29) is 18.5 Å². The van der Waals surface area contributed by atoms with Crippen LogP contribution in [0.25, 0.3) is 0 Å². The van der Waals surface area contributed by atoms with Crippen LogP contribution in [0.3, 0.4) is 0 Å². The van der Waals surface area contributed by atoms with Crippen molar-refractivity contribution < 1.29 is 14.7 Å². The summed E-state index contributed by atoms with van der Waals surface area (Å²) in [5.74, 6) is -1.13. The molecule has 14 heavy (non-hydrogen) atoms. The van der Waals surface area contributed by atoms with Gasteiger partial charge in [0.05, 0.1) is 0 Å². The third-order valence-corrected chi connectivity index (χ3v) is 1.87. The molecule has 1 amide bonds. The Kier molecular flexibility index (Phi) is 5.87. The van der Waals surface area contributed by atoms with E-state index in [1.807, 2.05) is 6.92 Å². The van der Waals surface area contributed by atoms with Gasteiger partial charge in [-0.15, -0.1) is 0 Å². The second-order valence-corrected chi connectivity index (χ2v) is 3.32. The van der Waals surface area contributed by atoms with Crippen LogP contribution >= 0.6 is 0 Å². The van der Waals surface area contributed by atoms with Crippen LogP contribution in [0, 0.1) is 0 Å². The first-order valence-corrected chi connectivity index (χ1v) is 4.72. The number of likely N-dealkylation sites (N-methyl/N-ethyl adjacent to an activating group) is 1. The van der Waals surface area contributed by atoms with E-state index < -0.39 is 5.97 Å². The minimum atomic E-state index is -0.985. The average molecular weight is 202 g/mol. The summed E-state index contributed by atoms with van der Waals surface area (Å²) < 4.78 is 0. The van der Waals surface area contributed by atoms with Gasteiger partial charge in [0.25, 0.3) is 0 Å². The fourth-order valence-corrected chi connectivity index (χ4v) is 1.05. The van der Waals surface area contributed by atoms with Crippen LogP contribution < -0.4 is 5.73 Å². The number of carbonyl (C=O) groups excluding carboxylic acids is 1. The molecule has 0 bridgehead atoms. The Morgan fingerprint density at radius 2 is 2.07 bits per heavy atom. The Balaban J connectivity index is 3.98. The molecule has 0 aliphatic heterocycles. The second-order valence-electron chi connectivity index (χ2n) is 3.32. The molecule has 0 heterocycles. The van der Waals surface area contributed by atoms with E-state index in [1.54, 1.807) is 6.92 Å². The Morgan fingerprint density at radius 3 is 2.43 bits per heavy atom. The third kappa shape index (κ3) is 5.53. The molecule has 0 aromatic heterocycles. The molecule has 0 spiro atoms. The van der Waals surface area contributed by atoms with E-state index in [0.29, 0.717) is 19.4 Å². The maximum atomic E-state index is 11.4. The molecule has 0 aliphatic rings. The summed E-state index contributed by atoms with van der Waals surface area (Å²) in [5, 5.41) is 8.52. The predicted molar refractivity (Wildman–Crippen MR) is 52.8 cm³/mol. The molecule has 0 radical (unpaired) electrons. The van der Waals surface area contributed by atoms with Crippen molar-refractivity contribution in [3.63, 3.8) is 0 Å². The molecule has 5 nitrogen and oxygen atoms in total. The van der Waals surface area contributed by atoms with E-state index in [9.17, 15) is 9.59 Å². The number of carboxylic acid groups (broad SMARTS) is 1. The maximum Gasteiger partial charge on any atom is 0.323 e. The summed E-state index contributed by atoms with van der Waals surface area (Å²) in [6.07, 6.45) is 0.910. The van der Waals surface area contributed by atoms with Crippen LogP contribution in [-0.2, 0) is 9.59 Å². The number of carboxylic acids is 1. The molecule has 0 saturated carbocycles. The van der Waals surface area contributed by atoms with Gasteiger partial charge in [0.15, 0.2) is 0 Å². The van der Waals surface area contributed by atoms with Gasteiger partial charge in [-0.3, -0.25) is 9.59 Å². The number of hydrogen-bond donors (Lipinski definition) is 2. The van der Waals surface area contributed by atoms with Gasteiger partial charge in [-0.2, -0.15) is 0 Å². The Hall–Kier alpha value is -1.10. The molecule has 0 saturated heterocycles. The minimum absolute atomic E-state index is 0.0255. The molecule has 0 aromatic rings. The fourth-order valence-electron chi connectivity index (χ4n) is 1.05. The van der Waals surface area contributed by atoms with Gasteiger partial charge in [-0.05, 0) is 20.3 Å². The second kappa shape index (κ2) is 6.37. The number of aliphatic carboxylic acids is 1. The molecule has 0 fully saturated rings. The number of nitrogens with two attached hydrogens (primary N) is 1. The highest BCUT2D eigenvalue weighted by Crippen LogP contribution is 1.99. The van der Waals surface area contributed by atoms with E-state index in [4.69, 9.17) is 10.8 Å². The van der Waals surface area contributed by atoms with E-state index in [0.717, 1.165) is 0 Å². The predicted octanol–water partition coefficient (Wildman–Crippen LogP) is 0.0469. The summed E-state index contributed by atoms with van der Waals surface area (Å²) in [6, 6.07) is -0.0255. The van der Waals surface area contributed by atoms with Gasteiger partial charge in [0.2, 0.25) is 5.91 Å². The number of nitrogens with zero attached hydrogens (tertiary/aromatic N) is 1. The van der Waals surface area contributed by atoms with Gasteiger partial charge in [0.1, 0.15) is 6.54 Å². The Bertz CT molecular complexity index is 204. The zero-order chi connectivity index (χ0) is 11.1. The highest BCUT2D eigenvalue weighted by atomic mass is 16.4. The van der Waals surface area contributed by atoms with Crippen LogP contribution in [0.4, 0.5) is 0 Å². The first kappa shape index (κ1) is 12.9. The van der Waals surface area contributed by atoms with Crippen molar-refractivity contribution in [2.45, 2.75) is 32.7 Å². The first-order chi connectivity index (χ1) is 6.47. The maximum absolute atomic E-state index is 11.4. The van der Waals surface area contributed by atoms with Gasteiger partial charge in [-0.25, -0.2) is 0 Å². The molecule has 1 atom stereocenters. The smallest absolute Gasteiger partial charge is 0.323 e. The number of hydrogen-bond acceptors (Lipinski definition) is 3. The lowest BCUT2D eigenvalue weighted by Crippen LogP contribution is -2.36. The number of rotatable bonds is 6. The standard InChI is InChI=1S/C9H18N2O3/c1-3-11(6-9(13)14)8(12)5-4-7(2)10/h7H,3-6,10H2,1-2H3,(H,13,14). The Labute approximate surface area is 83.9 Å². The summed E-state index contributed by atoms with van der Waals surface area (Å²) in [5.41, 5.74) is 5.50. The summed E-state index contributed by atoms with van der Waals surface area (Å²) >= 11 is 0. The van der Waals surface area contributed by atoms with Crippen LogP contribution in [0.2, 0.25) is 0 Å². The SMILES string of the molecule is CCN(CC(=O)O)C(=O)CCC(C)N. The topological polar surface area (TPSA) is 83.6 Å². The van der Waals surface area contributed by atoms with Crippen molar-refractivity contribution >= 4 is 11.9 Å². The minimum Gasteiger partial charge on any atom is -0.480 e. The molecule has 0 aliphatic carbocycles. The lowest BCUT2D eigenvalue weighted by atomic mass is 10.2. The molecule has 0 aromatic carbocycles. The van der Waals surface area contributed by atoms with Gasteiger partial charge in [0, 0.05) is 19.0 Å². The number of carbonyl (C=O) groups is 2. The van der Waals surface area contributed by atoms with Crippen molar-refractivity contribution in [1.82, 2.24) is 4.90 Å². The van der Waals surface area contributed by atoms with Crippen molar-refractivity contribution in [1.29, 1.82) is 0 Å². The highest BCUT2D eigenvalue weighted by molar-refractivity contribution is 5.81. The Morgan fingerprint density at radius 1 is 1.50 bits per heavy atom. The largest absolute Gasteiger partial charge is 0.480 e. The lowest BCUT2D eigenvalue weighted by Gasteiger charge is -2.18. The zero-order valence-electron chi connectivity index (χ0n) is 8.69. The molecule has 1 unspecified atom stereocenters. The van der Waals surface area contributed by atoms with E-state index in [1.165, 1.54) is 4.90 Å². The third-order valence-electron chi connectivity index (χ3n) is 1.87. The van der Waals surface area contributed by atoms with E-state index in [2.05, 4.69) is 0 Å². The van der Waals surface area contributed by atoms with Gasteiger partial charge in [-0.1, -0.05) is 0 Å². The van der Waals surface area contributed by atoms with E-state index >= 15 is 0 Å². The normalized spacial score (nSPS) is 12.2. The zero-order valence-corrected chi connectivity index (χ0v) is 8.69. The quantitative estimate of drug-likeness (QED) is 0.637. The molecule has 82 valence electrons. The molecule has 5 heteroatoms. The van der Waals surface area contributed by atoms with Crippen molar-refractivity contribution in [3.8, 4) is 0 Å². The van der Waals surface area contributed by atoms with Crippen LogP contribution in [0.5, 0.6) is 0 Å². The van der Waals surface area contributed by atoms with Crippen LogP contribution in [0.1, 0.15) is 26.7 Å². The van der Waals surface area contributed by atoms with Gasteiger partial charge >= 0.3 is 5.97 Å². The lowest BCUT2D eigenvalue weighted by molar-refractivity contribution is -0.144. The van der Waals surface area contributed by atoms with Crippen molar-refractivity contribution in [3.05, 3.63) is 0 Å². The molecular formula is C9H18N2O3. The number of amides is 1. The highest BCUT2D eigenvalue weighted by Gasteiger charge is 2.14. The van der Waals surface area contributed by atoms with Crippen molar-refractivity contribution in [2.75, 3.05) is 13.1 Å². The van der Waals surface area contributed by atoms with Crippen LogP contribution in [-0.4, -0.2) is 41.0 Å². The molecular weight excluding hydrogens is 184 g/mol. The monoisotopic (exact) mass is 202 g/mol. The molecule has 0 rings (SSSR count). The van der Waals surface area contributed by atoms with Gasteiger partial charge < -0.3 is 15.7 Å². The summed E-state index contributed by atoms with van der Waals surface area (Å²) in [7, 11) is 0. The van der Waals surface area contributed by atoms with Crippen LogP contribution in [0.15, 0.2) is 0 Å². The summed E-state index contributed by atoms with van der Waals surface area (Å²) in [4.78, 5) is 23.1. The summed E-state index contributed by atoms with van der Waals surface area (Å²) in [6.45, 7) is 3.77.